The van der Waals surface area contributed by atoms with Gasteiger partial charge in [-0.3, -0.25) is 0 Å². The molecule has 0 amide bonds. The second-order valence-corrected chi connectivity index (χ2v) is 32.6. The van der Waals surface area contributed by atoms with Crippen molar-refractivity contribution in [1.82, 2.24) is 0 Å². The van der Waals surface area contributed by atoms with Crippen molar-refractivity contribution in [2.75, 3.05) is 21.3 Å². The van der Waals surface area contributed by atoms with Crippen LogP contribution in [0.5, 0.6) is 0 Å². The average Bonchev–Trinajstić information content (AvgIpc) is 1.59. The Balaban J connectivity index is 0.000000111. The summed E-state index contributed by atoms with van der Waals surface area (Å²) >= 11 is 0. The largest absolute Gasteiger partial charge is 0.355 e. The first kappa shape index (κ1) is 75.8. The van der Waals surface area contributed by atoms with E-state index >= 15 is 0 Å². The zero-order valence-corrected chi connectivity index (χ0v) is 67.8. The quantitative estimate of drug-likeness (QED) is 0.0820. The summed E-state index contributed by atoms with van der Waals surface area (Å²) in [6.45, 7) is 11.3. The van der Waals surface area contributed by atoms with Crippen LogP contribution in [0.3, 0.4) is 0 Å². The van der Waals surface area contributed by atoms with E-state index in [0.29, 0.717) is 0 Å². The number of hydrogen-bond donors (Lipinski definition) is 4. The monoisotopic (exact) mass is 1530 g/mol. The summed E-state index contributed by atoms with van der Waals surface area (Å²) in [6.07, 6.45) is 0. The molecule has 0 bridgehead atoms. The lowest BCUT2D eigenvalue weighted by molar-refractivity contribution is 0.590. The minimum atomic E-state index is 0.0301. The van der Waals surface area contributed by atoms with E-state index in [1.807, 2.05) is 0 Å². The van der Waals surface area contributed by atoms with E-state index in [9.17, 15) is 0 Å². The highest BCUT2D eigenvalue weighted by atomic mass is 14.9. The molecule has 0 aliphatic heterocycles. The number of nitrogens with one attached hydrogen (secondary N) is 4. The highest BCUT2D eigenvalue weighted by Gasteiger charge is 2.36. The van der Waals surface area contributed by atoms with Crippen LogP contribution in [0.1, 0.15) is 96.5 Å². The van der Waals surface area contributed by atoms with Gasteiger partial charge in [-0.1, -0.05) is 405 Å². The fraction of sp³-hybridized carbons (Fsp3) is 0.0783. The van der Waals surface area contributed by atoms with Gasteiger partial charge in [0.05, 0.1) is 0 Å². The molecule has 2 aliphatic rings. The molecule has 4 heteroatoms. The van der Waals surface area contributed by atoms with E-state index in [4.69, 9.17) is 0 Å². The molecular formula is C115H94N4. The molecule has 4 N–H and O–H groups in total. The molecule has 2 aliphatic carbocycles. The molecule has 0 aromatic heterocycles. The zero-order chi connectivity index (χ0) is 80.7. The predicted molar refractivity (Wildman–Crippen MR) is 508 cm³/mol. The third-order valence-electron chi connectivity index (χ3n) is 23.6. The molecule has 119 heavy (non-hydrogen) atoms. The first-order valence-corrected chi connectivity index (χ1v) is 41.4. The highest BCUT2D eigenvalue weighted by Crippen LogP contribution is 2.52. The maximum Gasteiger partial charge on any atom is 0.0463 e. The van der Waals surface area contributed by atoms with Crippen molar-refractivity contribution in [3.8, 4) is 44.5 Å². The van der Waals surface area contributed by atoms with Crippen LogP contribution in [-0.4, -0.2) is 0 Å². The number of benzene rings is 19. The number of fused-ring (bicyclic) bond motifs is 10. The van der Waals surface area contributed by atoms with Gasteiger partial charge >= 0.3 is 0 Å². The fourth-order valence-electron chi connectivity index (χ4n) is 17.6. The average molecular weight is 1530 g/mol. The van der Waals surface area contributed by atoms with E-state index in [1.54, 1.807) is 0 Å². The molecular weight excluding hydrogens is 1440 g/mol. The lowest BCUT2D eigenvalue weighted by atomic mass is 9.81. The van der Waals surface area contributed by atoms with Crippen molar-refractivity contribution in [2.24, 2.45) is 0 Å². The van der Waals surface area contributed by atoms with Gasteiger partial charge in [0, 0.05) is 84.3 Å². The lowest BCUT2D eigenvalue weighted by Gasteiger charge is -2.22. The summed E-state index contributed by atoms with van der Waals surface area (Å²) < 4.78 is 0. The molecule has 0 spiro atoms. The maximum atomic E-state index is 3.64. The Kier molecular flexibility index (Phi) is 21.5. The molecule has 574 valence electrons. The van der Waals surface area contributed by atoms with E-state index in [2.05, 4.69) is 499 Å². The Morgan fingerprint density at radius 1 is 0.244 bits per heavy atom. The summed E-state index contributed by atoms with van der Waals surface area (Å²) in [7, 11) is 0. The standard InChI is InChI=1S/C35H25N.C35H27N.C25H21N.C20H21N/c1-2-13-28-24(10-1)11-9-19-34(28)36-26-22-20-25(21-23-26)27-12-3-6-16-31(27)35-32-17-7-4-14-29(32)30-15-5-8-18-33(30)35;1-3-13-28(14-4-1)35(29-15-5-2-6-16-29)33-20-10-9-18-31(33)27-22-24-30(25-23-27)36-34-21-11-17-26-12-7-8-19-32(26)34;1-25(2)22-12-6-5-11-20(22)21-15-14-18(16-23(21)25)26-24-13-7-9-17-8-3-4-10-19(17)24;1-20(2,3)16-11-13-17(14-12-16)21-19-10-6-8-15-7-4-5-9-18(15)19/h1-23,35-36H;1-25,35-36H;3-16,26H,1-2H3;4-14,21H,1-3H3. The van der Waals surface area contributed by atoms with Gasteiger partial charge in [0.2, 0.25) is 0 Å². The van der Waals surface area contributed by atoms with E-state index in [0.717, 1.165) is 45.5 Å². The summed E-state index contributed by atoms with van der Waals surface area (Å²) in [4.78, 5) is 0. The van der Waals surface area contributed by atoms with E-state index < -0.39 is 0 Å². The minimum Gasteiger partial charge on any atom is -0.355 e. The molecule has 0 unspecified atom stereocenters. The summed E-state index contributed by atoms with van der Waals surface area (Å²) in [6, 6.07) is 158. The topological polar surface area (TPSA) is 48.1 Å². The normalized spacial score (nSPS) is 12.2. The van der Waals surface area contributed by atoms with Gasteiger partial charge in [-0.2, -0.15) is 0 Å². The molecule has 0 atom stereocenters. The van der Waals surface area contributed by atoms with Crippen molar-refractivity contribution >= 4 is 88.6 Å². The maximum absolute atomic E-state index is 3.64. The first-order chi connectivity index (χ1) is 58.4. The van der Waals surface area contributed by atoms with Crippen LogP contribution in [0.2, 0.25) is 0 Å². The second kappa shape index (κ2) is 33.7. The lowest BCUT2D eigenvalue weighted by Crippen LogP contribution is -2.15. The van der Waals surface area contributed by atoms with Crippen LogP contribution < -0.4 is 21.3 Å². The predicted octanol–water partition coefficient (Wildman–Crippen LogP) is 31.6. The summed E-state index contributed by atoms with van der Waals surface area (Å²) in [5.41, 5.74) is 31.8. The third kappa shape index (κ3) is 16.1. The van der Waals surface area contributed by atoms with Gasteiger partial charge in [0.1, 0.15) is 0 Å². The second-order valence-electron chi connectivity index (χ2n) is 32.6. The van der Waals surface area contributed by atoms with Crippen LogP contribution in [-0.2, 0) is 10.8 Å². The molecule has 19 aromatic carbocycles. The van der Waals surface area contributed by atoms with Gasteiger partial charge < -0.3 is 21.3 Å². The van der Waals surface area contributed by atoms with Crippen molar-refractivity contribution < 1.29 is 0 Å². The summed E-state index contributed by atoms with van der Waals surface area (Å²) in [5.74, 6) is 0.402. The Morgan fingerprint density at radius 2 is 0.555 bits per heavy atom. The van der Waals surface area contributed by atoms with E-state index in [1.165, 1.54) is 138 Å². The number of anilines is 8. The highest BCUT2D eigenvalue weighted by molar-refractivity contribution is 5.99. The molecule has 0 saturated carbocycles. The van der Waals surface area contributed by atoms with Crippen LogP contribution in [0.25, 0.3) is 87.6 Å². The van der Waals surface area contributed by atoms with Gasteiger partial charge in [0.15, 0.2) is 0 Å². The Hall–Kier alpha value is -14.6. The van der Waals surface area contributed by atoms with Crippen molar-refractivity contribution in [1.29, 1.82) is 0 Å². The number of hydrogen-bond acceptors (Lipinski definition) is 4. The first-order valence-electron chi connectivity index (χ1n) is 41.4. The number of rotatable bonds is 14. The summed E-state index contributed by atoms with van der Waals surface area (Å²) in [5, 5.41) is 24.3. The molecule has 0 saturated heterocycles. The van der Waals surface area contributed by atoms with Crippen LogP contribution in [0.4, 0.5) is 45.5 Å². The van der Waals surface area contributed by atoms with Gasteiger partial charge in [-0.25, -0.2) is 0 Å². The molecule has 0 fully saturated rings. The van der Waals surface area contributed by atoms with Crippen LogP contribution in [0, 0.1) is 0 Å². The SMILES string of the molecule is CC(C)(C)c1ccc(Nc2cccc3ccccc23)cc1.CC1(C)c2ccccc2-c2ccc(Nc3cccc4ccccc34)cc21.c1ccc(C(c2ccccc2)c2ccccc2-c2ccc(Nc3cccc4ccccc34)cc2)cc1.c1ccc(C2c3ccccc3-c3ccccc32)c(-c2ccc(Nc3cccc4ccccc34)cc2)c1. The van der Waals surface area contributed by atoms with Crippen molar-refractivity contribution in [3.63, 3.8) is 0 Å². The van der Waals surface area contributed by atoms with Gasteiger partial charge in [0.25, 0.3) is 0 Å². The van der Waals surface area contributed by atoms with E-state index in [-0.39, 0.29) is 22.7 Å². The Labute approximate surface area is 699 Å². The van der Waals surface area contributed by atoms with Crippen LogP contribution >= 0.6 is 0 Å². The Bertz CT molecular complexity index is 6530. The third-order valence-corrected chi connectivity index (χ3v) is 23.6. The van der Waals surface area contributed by atoms with Gasteiger partial charge in [-0.15, -0.1) is 0 Å². The molecule has 4 nitrogen and oxygen atoms in total. The molecule has 19 aromatic rings. The molecule has 21 rings (SSSR count). The van der Waals surface area contributed by atoms with Gasteiger partial charge in [-0.05, 0) is 194 Å². The minimum absolute atomic E-state index is 0.0301. The molecule has 0 radical (unpaired) electrons. The fourth-order valence-corrected chi connectivity index (χ4v) is 17.6. The Morgan fingerprint density at radius 3 is 0.992 bits per heavy atom. The van der Waals surface area contributed by atoms with Crippen LogP contribution in [0.15, 0.2) is 443 Å². The smallest absolute Gasteiger partial charge is 0.0463 e. The van der Waals surface area contributed by atoms with Crippen molar-refractivity contribution in [2.45, 2.75) is 57.3 Å². The molecule has 0 heterocycles. The zero-order valence-electron chi connectivity index (χ0n) is 67.8. The van der Waals surface area contributed by atoms with Crippen molar-refractivity contribution in [3.05, 3.63) is 493 Å².